The van der Waals surface area contributed by atoms with E-state index in [-0.39, 0.29) is 5.60 Å². The second-order valence-electron chi connectivity index (χ2n) is 4.52. The lowest BCUT2D eigenvalue weighted by molar-refractivity contribution is 0.000636. The minimum atomic E-state index is -0.202. The van der Waals surface area contributed by atoms with E-state index >= 15 is 0 Å². The van der Waals surface area contributed by atoms with Crippen molar-refractivity contribution >= 4 is 11.8 Å². The molecule has 0 aliphatic rings. The van der Waals surface area contributed by atoms with E-state index in [1.165, 1.54) is 0 Å². The van der Waals surface area contributed by atoms with Gasteiger partial charge < -0.3 is 15.4 Å². The Hall–Kier alpha value is -1.36. The highest BCUT2D eigenvalue weighted by Gasteiger charge is 2.17. The Kier molecular flexibility index (Phi) is 4.69. The molecule has 0 saturated heterocycles. The number of anilines is 2. The molecule has 0 unspecified atom stereocenters. The van der Waals surface area contributed by atoms with Crippen LogP contribution in [0, 0.1) is 6.92 Å². The maximum absolute atomic E-state index is 5.63. The summed E-state index contributed by atoms with van der Waals surface area (Å²) in [7, 11) is 1.80. The van der Waals surface area contributed by atoms with Crippen LogP contribution in [-0.4, -0.2) is 35.8 Å². The predicted molar refractivity (Wildman–Crippen MR) is 70.5 cm³/mol. The molecule has 0 amide bonds. The number of hydrogen-bond donors (Lipinski definition) is 2. The quantitative estimate of drug-likeness (QED) is 0.794. The maximum atomic E-state index is 5.63. The maximum Gasteiger partial charge on any atom is 0.224 e. The monoisotopic (exact) mass is 238 g/mol. The third-order valence-electron chi connectivity index (χ3n) is 2.41. The Labute approximate surface area is 103 Å². The fourth-order valence-electron chi connectivity index (χ4n) is 1.48. The Morgan fingerprint density at radius 3 is 2.71 bits per heavy atom. The van der Waals surface area contributed by atoms with Gasteiger partial charge in [0.25, 0.3) is 0 Å². The number of nitrogens with zero attached hydrogens (tertiary/aromatic N) is 2. The summed E-state index contributed by atoms with van der Waals surface area (Å²) in [6.07, 6.45) is 1.80. The first-order chi connectivity index (χ1) is 7.98. The molecule has 0 saturated carbocycles. The molecule has 5 heteroatoms. The molecule has 96 valence electrons. The number of ether oxygens (including phenoxy) is 1. The smallest absolute Gasteiger partial charge is 0.224 e. The summed E-state index contributed by atoms with van der Waals surface area (Å²) in [6, 6.07) is 0. The summed E-state index contributed by atoms with van der Waals surface area (Å²) in [5.74, 6) is 1.46. The largest absolute Gasteiger partial charge is 0.374 e. The van der Waals surface area contributed by atoms with Gasteiger partial charge in [0.1, 0.15) is 5.82 Å². The van der Waals surface area contributed by atoms with E-state index in [1.54, 1.807) is 13.2 Å². The molecule has 2 N–H and O–H groups in total. The molecule has 17 heavy (non-hydrogen) atoms. The second-order valence-corrected chi connectivity index (χ2v) is 4.52. The van der Waals surface area contributed by atoms with Crippen molar-refractivity contribution in [3.8, 4) is 0 Å². The van der Waals surface area contributed by atoms with Gasteiger partial charge in [-0.2, -0.15) is 4.98 Å². The first-order valence-corrected chi connectivity index (χ1v) is 5.87. The predicted octanol–water partition coefficient (Wildman–Crippen LogP) is 2.05. The van der Waals surface area contributed by atoms with Crippen molar-refractivity contribution in [1.82, 2.24) is 9.97 Å². The van der Waals surface area contributed by atoms with Crippen LogP contribution in [0.4, 0.5) is 11.8 Å². The molecule has 0 bridgehead atoms. The summed E-state index contributed by atoms with van der Waals surface area (Å²) in [6.45, 7) is 9.51. The lowest BCUT2D eigenvalue weighted by Crippen LogP contribution is -2.33. The summed E-state index contributed by atoms with van der Waals surface area (Å²) in [5, 5.41) is 6.22. The standard InChI is InChI=1S/C12H22N4O/c1-6-17-12(3,4)8-15-10-9(2)7-14-11(13-5)16-10/h7H,6,8H2,1-5H3,(H2,13,14,15,16). The van der Waals surface area contributed by atoms with Crippen LogP contribution in [-0.2, 0) is 4.74 Å². The van der Waals surface area contributed by atoms with Crippen LogP contribution in [0.2, 0.25) is 0 Å². The molecular weight excluding hydrogens is 216 g/mol. The zero-order valence-electron chi connectivity index (χ0n) is 11.3. The van der Waals surface area contributed by atoms with Gasteiger partial charge >= 0.3 is 0 Å². The molecule has 1 aromatic heterocycles. The zero-order chi connectivity index (χ0) is 12.9. The van der Waals surface area contributed by atoms with Gasteiger partial charge in [-0.05, 0) is 27.7 Å². The number of hydrogen-bond acceptors (Lipinski definition) is 5. The average molecular weight is 238 g/mol. The van der Waals surface area contributed by atoms with Crippen molar-refractivity contribution in [3.05, 3.63) is 11.8 Å². The molecule has 0 spiro atoms. The first kappa shape index (κ1) is 13.7. The minimum absolute atomic E-state index is 0.202. The SMILES string of the molecule is CCOC(C)(C)CNc1nc(NC)ncc1C. The Bertz CT molecular complexity index is 366. The Morgan fingerprint density at radius 1 is 1.41 bits per heavy atom. The molecule has 1 rings (SSSR count). The zero-order valence-corrected chi connectivity index (χ0v) is 11.3. The van der Waals surface area contributed by atoms with Crippen molar-refractivity contribution in [2.75, 3.05) is 30.8 Å². The molecule has 0 atom stereocenters. The third-order valence-corrected chi connectivity index (χ3v) is 2.41. The highest BCUT2D eigenvalue weighted by atomic mass is 16.5. The van der Waals surface area contributed by atoms with Crippen LogP contribution in [0.3, 0.4) is 0 Å². The van der Waals surface area contributed by atoms with E-state index in [0.717, 1.165) is 11.4 Å². The van der Waals surface area contributed by atoms with Crippen molar-refractivity contribution in [2.24, 2.45) is 0 Å². The Morgan fingerprint density at radius 2 is 2.12 bits per heavy atom. The number of aromatic nitrogens is 2. The first-order valence-electron chi connectivity index (χ1n) is 5.87. The average Bonchev–Trinajstić information content (AvgIpc) is 2.28. The highest BCUT2D eigenvalue weighted by molar-refractivity contribution is 5.46. The van der Waals surface area contributed by atoms with Gasteiger partial charge in [0, 0.05) is 32.0 Å². The molecule has 0 radical (unpaired) electrons. The molecule has 0 aliphatic heterocycles. The van der Waals surface area contributed by atoms with Crippen LogP contribution in [0.25, 0.3) is 0 Å². The van der Waals surface area contributed by atoms with E-state index in [0.29, 0.717) is 19.1 Å². The van der Waals surface area contributed by atoms with Crippen LogP contribution in [0.1, 0.15) is 26.3 Å². The van der Waals surface area contributed by atoms with E-state index in [2.05, 4.69) is 34.4 Å². The van der Waals surface area contributed by atoms with Gasteiger partial charge in [-0.3, -0.25) is 0 Å². The normalized spacial score (nSPS) is 11.4. The van der Waals surface area contributed by atoms with Gasteiger partial charge in [0.2, 0.25) is 5.95 Å². The molecule has 0 aromatic carbocycles. The summed E-state index contributed by atoms with van der Waals surface area (Å²) in [5.41, 5.74) is 0.822. The highest BCUT2D eigenvalue weighted by Crippen LogP contribution is 2.15. The number of aryl methyl sites for hydroxylation is 1. The van der Waals surface area contributed by atoms with E-state index in [9.17, 15) is 0 Å². The summed E-state index contributed by atoms with van der Waals surface area (Å²) < 4.78 is 5.63. The van der Waals surface area contributed by atoms with Gasteiger partial charge in [0.15, 0.2) is 0 Å². The van der Waals surface area contributed by atoms with Gasteiger partial charge in [-0.25, -0.2) is 4.98 Å². The van der Waals surface area contributed by atoms with Crippen molar-refractivity contribution < 1.29 is 4.74 Å². The number of rotatable bonds is 6. The Balaban J connectivity index is 2.68. The fraction of sp³-hybridized carbons (Fsp3) is 0.667. The van der Waals surface area contributed by atoms with Crippen LogP contribution in [0.5, 0.6) is 0 Å². The molecule has 1 aromatic rings. The molecule has 5 nitrogen and oxygen atoms in total. The van der Waals surface area contributed by atoms with E-state index in [4.69, 9.17) is 4.74 Å². The van der Waals surface area contributed by atoms with Gasteiger partial charge in [-0.1, -0.05) is 0 Å². The third kappa shape index (κ3) is 4.19. The summed E-state index contributed by atoms with van der Waals surface area (Å²) >= 11 is 0. The minimum Gasteiger partial charge on any atom is -0.374 e. The molecular formula is C12H22N4O. The van der Waals surface area contributed by atoms with E-state index in [1.807, 2.05) is 13.8 Å². The molecule has 1 heterocycles. The van der Waals surface area contributed by atoms with Crippen molar-refractivity contribution in [1.29, 1.82) is 0 Å². The van der Waals surface area contributed by atoms with Gasteiger partial charge in [-0.15, -0.1) is 0 Å². The fourth-order valence-corrected chi connectivity index (χ4v) is 1.48. The number of nitrogens with one attached hydrogen (secondary N) is 2. The second kappa shape index (κ2) is 5.82. The lowest BCUT2D eigenvalue weighted by atomic mass is 10.1. The van der Waals surface area contributed by atoms with E-state index < -0.39 is 0 Å². The van der Waals surface area contributed by atoms with Crippen LogP contribution in [0.15, 0.2) is 6.20 Å². The van der Waals surface area contributed by atoms with Crippen LogP contribution < -0.4 is 10.6 Å². The lowest BCUT2D eigenvalue weighted by Gasteiger charge is -2.25. The van der Waals surface area contributed by atoms with Gasteiger partial charge in [0.05, 0.1) is 5.60 Å². The van der Waals surface area contributed by atoms with Crippen LogP contribution >= 0.6 is 0 Å². The summed E-state index contributed by atoms with van der Waals surface area (Å²) in [4.78, 5) is 8.51. The molecule has 0 aliphatic carbocycles. The topological polar surface area (TPSA) is 59.1 Å². The van der Waals surface area contributed by atoms with Crippen molar-refractivity contribution in [2.45, 2.75) is 33.3 Å². The van der Waals surface area contributed by atoms with Crippen molar-refractivity contribution in [3.63, 3.8) is 0 Å². The molecule has 0 fully saturated rings.